The summed E-state index contributed by atoms with van der Waals surface area (Å²) >= 11 is 5.89. The molecule has 0 saturated carbocycles. The van der Waals surface area contributed by atoms with Gasteiger partial charge >= 0.3 is 0 Å². The first-order valence-corrected chi connectivity index (χ1v) is 5.86. The number of fused-ring (bicyclic) bond motifs is 1. The van der Waals surface area contributed by atoms with Crippen molar-refractivity contribution >= 4 is 29.0 Å². The molecule has 0 fully saturated rings. The van der Waals surface area contributed by atoms with Gasteiger partial charge in [-0.15, -0.1) is 0 Å². The Morgan fingerprint density at radius 2 is 2.06 bits per heavy atom. The van der Waals surface area contributed by atoms with E-state index in [1.54, 1.807) is 29.3 Å². The normalized spacial score (nSPS) is 17.2. The summed E-state index contributed by atoms with van der Waals surface area (Å²) in [6, 6.07) is 4.87. The van der Waals surface area contributed by atoms with Gasteiger partial charge < -0.3 is 10.2 Å². The highest BCUT2D eigenvalue weighted by Crippen LogP contribution is 2.27. The average molecular weight is 265 g/mol. The monoisotopic (exact) mass is 264 g/mol. The van der Waals surface area contributed by atoms with Crippen molar-refractivity contribution in [2.75, 3.05) is 19.4 Å². The molecule has 2 rings (SSSR count). The number of rotatable bonds is 1. The van der Waals surface area contributed by atoms with Crippen LogP contribution in [0.2, 0.25) is 5.02 Å². The van der Waals surface area contributed by atoms with Crippen LogP contribution in [0.5, 0.6) is 0 Å². The molecule has 18 heavy (non-hydrogen) atoms. The molecular weight excluding hydrogens is 252 g/mol. The number of nitrogens with one attached hydrogen (secondary N) is 1. The average Bonchev–Trinajstić information content (AvgIpc) is 2.38. The van der Waals surface area contributed by atoms with Crippen LogP contribution in [0.4, 0.5) is 5.69 Å². The molecule has 1 aliphatic heterocycles. The van der Waals surface area contributed by atoms with Gasteiger partial charge in [0.15, 0.2) is 5.78 Å². The van der Waals surface area contributed by atoms with Crippen LogP contribution < -0.4 is 5.32 Å². The Hall–Kier alpha value is -1.81. The standard InChI is InChI=1S/C13H13ClN2O2/c1-16(2)7-8-5-12(17)15-11-4-3-9(14)6-10(11)13(8)18/h3-4,6-7H,5H2,1-2H3,(H,15,17)/b8-7+. The van der Waals surface area contributed by atoms with E-state index >= 15 is 0 Å². The largest absolute Gasteiger partial charge is 0.383 e. The maximum atomic E-state index is 12.3. The predicted molar refractivity (Wildman–Crippen MR) is 70.8 cm³/mol. The first kappa shape index (κ1) is 12.6. The van der Waals surface area contributed by atoms with Crippen molar-refractivity contribution in [1.82, 2.24) is 4.90 Å². The molecular formula is C13H13ClN2O2. The van der Waals surface area contributed by atoms with Crippen LogP contribution in [0.15, 0.2) is 30.0 Å². The number of hydrogen-bond donors (Lipinski definition) is 1. The van der Waals surface area contributed by atoms with Crippen LogP contribution in [-0.4, -0.2) is 30.7 Å². The van der Waals surface area contributed by atoms with Gasteiger partial charge in [0.2, 0.25) is 5.91 Å². The SMILES string of the molecule is CN(C)/C=C1\CC(=O)Nc2ccc(Cl)cc2C1=O. The fraction of sp³-hybridized carbons (Fsp3) is 0.231. The van der Waals surface area contributed by atoms with E-state index in [0.29, 0.717) is 21.8 Å². The number of carbonyl (C=O) groups is 2. The van der Waals surface area contributed by atoms with E-state index in [9.17, 15) is 9.59 Å². The molecule has 1 heterocycles. The summed E-state index contributed by atoms with van der Waals surface area (Å²) in [5.74, 6) is -0.364. The molecule has 0 unspecified atom stereocenters. The molecule has 0 aliphatic carbocycles. The Morgan fingerprint density at radius 1 is 1.33 bits per heavy atom. The number of carbonyl (C=O) groups excluding carboxylic acids is 2. The van der Waals surface area contributed by atoms with Gasteiger partial charge in [-0.05, 0) is 18.2 Å². The maximum Gasteiger partial charge on any atom is 0.229 e. The molecule has 1 aromatic carbocycles. The minimum absolute atomic E-state index is 0.0727. The van der Waals surface area contributed by atoms with Crippen LogP contribution >= 0.6 is 11.6 Å². The van der Waals surface area contributed by atoms with Gasteiger partial charge in [0.1, 0.15) is 0 Å². The Morgan fingerprint density at radius 3 is 2.72 bits per heavy atom. The number of hydrogen-bond acceptors (Lipinski definition) is 3. The molecule has 1 aromatic rings. The van der Waals surface area contributed by atoms with Crippen molar-refractivity contribution in [1.29, 1.82) is 0 Å². The molecule has 94 valence electrons. The Labute approximate surface area is 110 Å². The lowest BCUT2D eigenvalue weighted by Crippen LogP contribution is -2.12. The van der Waals surface area contributed by atoms with Crippen LogP contribution in [0.3, 0.4) is 0 Å². The number of benzene rings is 1. The van der Waals surface area contributed by atoms with Crippen LogP contribution in [0.25, 0.3) is 0 Å². The smallest absolute Gasteiger partial charge is 0.229 e. The molecule has 4 nitrogen and oxygen atoms in total. The van der Waals surface area contributed by atoms with Gasteiger partial charge in [0, 0.05) is 36.5 Å². The number of halogens is 1. The molecule has 5 heteroatoms. The third-order valence-corrected chi connectivity index (χ3v) is 2.79. The van der Waals surface area contributed by atoms with Crippen LogP contribution in [0.1, 0.15) is 16.8 Å². The second kappa shape index (κ2) is 4.82. The van der Waals surface area contributed by atoms with Gasteiger partial charge in [-0.2, -0.15) is 0 Å². The second-order valence-corrected chi connectivity index (χ2v) is 4.80. The molecule has 0 bridgehead atoms. The van der Waals surface area contributed by atoms with Crippen molar-refractivity contribution in [2.45, 2.75) is 6.42 Å². The molecule has 0 atom stereocenters. The first-order valence-electron chi connectivity index (χ1n) is 5.48. The predicted octanol–water partition coefficient (Wildman–Crippen LogP) is 2.31. The van der Waals surface area contributed by atoms with E-state index in [2.05, 4.69) is 5.32 Å². The molecule has 0 spiro atoms. The molecule has 0 radical (unpaired) electrons. The third-order valence-electron chi connectivity index (χ3n) is 2.56. The van der Waals surface area contributed by atoms with Crippen molar-refractivity contribution in [3.05, 3.63) is 40.6 Å². The lowest BCUT2D eigenvalue weighted by molar-refractivity contribution is -0.115. The summed E-state index contributed by atoms with van der Waals surface area (Å²) in [5.41, 5.74) is 1.40. The molecule has 1 aliphatic rings. The topological polar surface area (TPSA) is 49.4 Å². The van der Waals surface area contributed by atoms with Crippen molar-refractivity contribution in [3.8, 4) is 0 Å². The second-order valence-electron chi connectivity index (χ2n) is 4.36. The summed E-state index contributed by atoms with van der Waals surface area (Å²) < 4.78 is 0. The van der Waals surface area contributed by atoms with Gasteiger partial charge in [0.05, 0.1) is 12.1 Å². The summed E-state index contributed by atoms with van der Waals surface area (Å²) in [4.78, 5) is 25.8. The molecule has 0 saturated heterocycles. The van der Waals surface area contributed by atoms with Gasteiger partial charge in [0.25, 0.3) is 0 Å². The van der Waals surface area contributed by atoms with E-state index in [4.69, 9.17) is 11.6 Å². The van der Waals surface area contributed by atoms with E-state index in [1.807, 2.05) is 14.1 Å². The Bertz CT molecular complexity index is 550. The first-order chi connectivity index (χ1) is 8.47. The minimum Gasteiger partial charge on any atom is -0.383 e. The number of amides is 1. The van der Waals surface area contributed by atoms with Gasteiger partial charge in [-0.25, -0.2) is 0 Å². The van der Waals surface area contributed by atoms with Crippen LogP contribution in [-0.2, 0) is 4.79 Å². The highest BCUT2D eigenvalue weighted by molar-refractivity contribution is 6.31. The molecule has 1 amide bonds. The zero-order valence-electron chi connectivity index (χ0n) is 10.2. The minimum atomic E-state index is -0.197. The van der Waals surface area contributed by atoms with E-state index in [1.165, 1.54) is 0 Å². The number of nitrogens with zero attached hydrogens (tertiary/aromatic N) is 1. The lowest BCUT2D eigenvalue weighted by atomic mass is 10.0. The fourth-order valence-electron chi connectivity index (χ4n) is 1.85. The van der Waals surface area contributed by atoms with E-state index in [-0.39, 0.29) is 18.1 Å². The summed E-state index contributed by atoms with van der Waals surface area (Å²) in [6.07, 6.45) is 1.74. The maximum absolute atomic E-state index is 12.3. The molecule has 0 aromatic heterocycles. The van der Waals surface area contributed by atoms with Crippen LogP contribution in [0, 0.1) is 0 Å². The van der Waals surface area contributed by atoms with Crippen molar-refractivity contribution < 1.29 is 9.59 Å². The Balaban J connectivity index is 2.54. The van der Waals surface area contributed by atoms with Gasteiger partial charge in [-0.1, -0.05) is 11.6 Å². The lowest BCUT2D eigenvalue weighted by Gasteiger charge is -2.08. The van der Waals surface area contributed by atoms with Crippen molar-refractivity contribution in [3.63, 3.8) is 0 Å². The van der Waals surface area contributed by atoms with Gasteiger partial charge in [-0.3, -0.25) is 9.59 Å². The van der Waals surface area contributed by atoms with E-state index in [0.717, 1.165) is 0 Å². The number of Topliss-reactive ketones (excluding diaryl/α,β-unsaturated/α-hetero) is 1. The number of anilines is 1. The summed E-state index contributed by atoms with van der Waals surface area (Å²) in [5, 5.41) is 3.18. The zero-order valence-corrected chi connectivity index (χ0v) is 10.9. The quantitative estimate of drug-likeness (QED) is 0.792. The summed E-state index contributed by atoms with van der Waals surface area (Å²) in [7, 11) is 3.61. The van der Waals surface area contributed by atoms with E-state index < -0.39 is 0 Å². The highest BCUT2D eigenvalue weighted by atomic mass is 35.5. The fourth-order valence-corrected chi connectivity index (χ4v) is 2.02. The zero-order chi connectivity index (χ0) is 13.3. The summed E-state index contributed by atoms with van der Waals surface area (Å²) in [6.45, 7) is 0. The van der Waals surface area contributed by atoms with Crippen molar-refractivity contribution in [2.24, 2.45) is 0 Å². The third kappa shape index (κ3) is 2.54. The molecule has 1 N–H and O–H groups in total. The highest BCUT2D eigenvalue weighted by Gasteiger charge is 2.24. The number of ketones is 1. The Kier molecular flexibility index (Phi) is 3.39.